The Balaban J connectivity index is 1.77. The van der Waals surface area contributed by atoms with Crippen molar-refractivity contribution in [3.05, 3.63) is 0 Å². The number of ether oxygens (including phenoxy) is 1. The highest BCUT2D eigenvalue weighted by Gasteiger charge is 2.30. The second-order valence-electron chi connectivity index (χ2n) is 7.82. The van der Waals surface area contributed by atoms with Crippen molar-refractivity contribution in [2.75, 3.05) is 45.1 Å². The molecule has 0 aliphatic carbocycles. The molecule has 1 atom stereocenters. The van der Waals surface area contributed by atoms with Gasteiger partial charge in [0.2, 0.25) is 10.0 Å². The van der Waals surface area contributed by atoms with Gasteiger partial charge in [-0.3, -0.25) is 0 Å². The normalized spacial score (nSPS) is 26.2. The first-order chi connectivity index (χ1) is 10.3. The van der Waals surface area contributed by atoms with Gasteiger partial charge in [-0.25, -0.2) is 8.42 Å². The van der Waals surface area contributed by atoms with Crippen molar-refractivity contribution in [1.82, 2.24) is 9.21 Å². The zero-order chi connectivity index (χ0) is 16.2. The summed E-state index contributed by atoms with van der Waals surface area (Å²) in [5.74, 6) is 0.162. The van der Waals surface area contributed by atoms with E-state index in [-0.39, 0.29) is 11.9 Å². The molecule has 130 valence electrons. The number of nitrogens with zero attached hydrogens (tertiary/aromatic N) is 2. The summed E-state index contributed by atoms with van der Waals surface area (Å²) in [5, 5.41) is 0. The van der Waals surface area contributed by atoms with E-state index in [9.17, 15) is 8.42 Å². The average Bonchev–Trinajstić information content (AvgIpc) is 2.45. The molecule has 6 heteroatoms. The lowest BCUT2D eigenvalue weighted by molar-refractivity contribution is 0.0296. The van der Waals surface area contributed by atoms with Gasteiger partial charge in [0.25, 0.3) is 0 Å². The molecule has 2 aliphatic rings. The second-order valence-corrected chi connectivity index (χ2v) is 9.83. The molecule has 0 amide bonds. The SMILES string of the molecule is CC(C)(C)CCN1CCN(S(=O)(=O)C[C@H]2CCCCO2)CC1. The molecule has 0 spiro atoms. The Bertz CT molecular complexity index is 431. The van der Waals surface area contributed by atoms with Crippen LogP contribution in [0.3, 0.4) is 0 Å². The minimum atomic E-state index is -3.17. The molecular formula is C16H32N2O3S. The molecule has 2 rings (SSSR count). The fourth-order valence-corrected chi connectivity index (χ4v) is 4.67. The third-order valence-corrected chi connectivity index (χ3v) is 6.52. The summed E-state index contributed by atoms with van der Waals surface area (Å²) in [7, 11) is -3.17. The Morgan fingerprint density at radius 3 is 2.32 bits per heavy atom. The maximum absolute atomic E-state index is 12.5. The largest absolute Gasteiger partial charge is 0.377 e. The molecule has 0 aromatic rings. The van der Waals surface area contributed by atoms with Gasteiger partial charge in [0.1, 0.15) is 0 Å². The van der Waals surface area contributed by atoms with Gasteiger partial charge in [0.15, 0.2) is 0 Å². The Hall–Kier alpha value is -0.170. The van der Waals surface area contributed by atoms with Crippen LogP contribution in [0.15, 0.2) is 0 Å². The van der Waals surface area contributed by atoms with Gasteiger partial charge < -0.3 is 9.64 Å². The van der Waals surface area contributed by atoms with Crippen molar-refractivity contribution < 1.29 is 13.2 Å². The molecule has 2 heterocycles. The fourth-order valence-electron chi connectivity index (χ4n) is 3.00. The van der Waals surface area contributed by atoms with Crippen LogP contribution in [0, 0.1) is 5.41 Å². The van der Waals surface area contributed by atoms with Crippen molar-refractivity contribution >= 4 is 10.0 Å². The van der Waals surface area contributed by atoms with Crippen molar-refractivity contribution in [2.45, 2.75) is 52.6 Å². The van der Waals surface area contributed by atoms with Crippen molar-refractivity contribution in [2.24, 2.45) is 5.41 Å². The second kappa shape index (κ2) is 7.60. The zero-order valence-corrected chi connectivity index (χ0v) is 15.2. The molecule has 5 nitrogen and oxygen atoms in total. The van der Waals surface area contributed by atoms with E-state index in [2.05, 4.69) is 25.7 Å². The number of piperazine rings is 1. The third kappa shape index (κ3) is 5.80. The van der Waals surface area contributed by atoms with Gasteiger partial charge in [-0.1, -0.05) is 20.8 Å². The van der Waals surface area contributed by atoms with Gasteiger partial charge in [-0.05, 0) is 37.6 Å². The first kappa shape index (κ1) is 18.2. The molecule has 0 N–H and O–H groups in total. The molecule has 0 aromatic carbocycles. The lowest BCUT2D eigenvalue weighted by atomic mass is 9.92. The molecule has 0 unspecified atom stereocenters. The van der Waals surface area contributed by atoms with Gasteiger partial charge in [-0.2, -0.15) is 4.31 Å². The van der Waals surface area contributed by atoms with Crippen molar-refractivity contribution in [3.8, 4) is 0 Å². The summed E-state index contributed by atoms with van der Waals surface area (Å²) in [6.07, 6.45) is 4.07. The van der Waals surface area contributed by atoms with Crippen LogP contribution in [-0.2, 0) is 14.8 Å². The predicted molar refractivity (Wildman–Crippen MR) is 89.5 cm³/mol. The van der Waals surface area contributed by atoms with E-state index >= 15 is 0 Å². The van der Waals surface area contributed by atoms with E-state index in [1.807, 2.05) is 0 Å². The smallest absolute Gasteiger partial charge is 0.216 e. The monoisotopic (exact) mass is 332 g/mol. The third-order valence-electron chi connectivity index (χ3n) is 4.57. The standard InChI is InChI=1S/C16H32N2O3S/c1-16(2,3)7-8-17-9-11-18(12-10-17)22(19,20)14-15-6-4-5-13-21-15/h15H,4-14H2,1-3H3/t15-/m1/s1. The van der Waals surface area contributed by atoms with Gasteiger partial charge in [0.05, 0.1) is 11.9 Å². The number of hydrogen-bond donors (Lipinski definition) is 0. The molecule has 2 saturated heterocycles. The first-order valence-corrected chi connectivity index (χ1v) is 10.2. The van der Waals surface area contributed by atoms with Gasteiger partial charge >= 0.3 is 0 Å². The summed E-state index contributed by atoms with van der Waals surface area (Å²) >= 11 is 0. The highest BCUT2D eigenvalue weighted by molar-refractivity contribution is 7.89. The maximum atomic E-state index is 12.5. The minimum absolute atomic E-state index is 0.0994. The lowest BCUT2D eigenvalue weighted by Crippen LogP contribution is -2.50. The van der Waals surface area contributed by atoms with Crippen LogP contribution in [0.25, 0.3) is 0 Å². The maximum Gasteiger partial charge on any atom is 0.216 e. The lowest BCUT2D eigenvalue weighted by Gasteiger charge is -2.36. The van der Waals surface area contributed by atoms with Crippen LogP contribution in [0.1, 0.15) is 46.5 Å². The van der Waals surface area contributed by atoms with E-state index < -0.39 is 10.0 Å². The van der Waals surface area contributed by atoms with Gasteiger partial charge in [-0.15, -0.1) is 0 Å². The summed E-state index contributed by atoms with van der Waals surface area (Å²) in [6, 6.07) is 0. The molecule has 0 radical (unpaired) electrons. The highest BCUT2D eigenvalue weighted by atomic mass is 32.2. The zero-order valence-electron chi connectivity index (χ0n) is 14.4. The van der Waals surface area contributed by atoms with Crippen LogP contribution >= 0.6 is 0 Å². The Morgan fingerprint density at radius 2 is 1.77 bits per heavy atom. The molecule has 2 fully saturated rings. The number of hydrogen-bond acceptors (Lipinski definition) is 4. The predicted octanol–water partition coefficient (Wildman–Crippen LogP) is 1.94. The molecule has 0 saturated carbocycles. The summed E-state index contributed by atoms with van der Waals surface area (Å²) < 4.78 is 32.3. The molecular weight excluding hydrogens is 300 g/mol. The molecule has 0 aromatic heterocycles. The quantitative estimate of drug-likeness (QED) is 0.772. The fraction of sp³-hybridized carbons (Fsp3) is 1.00. The summed E-state index contributed by atoms with van der Waals surface area (Å²) in [5.41, 5.74) is 0.335. The average molecular weight is 333 g/mol. The van der Waals surface area contributed by atoms with Crippen LogP contribution < -0.4 is 0 Å². The van der Waals surface area contributed by atoms with E-state index in [4.69, 9.17) is 4.74 Å². The highest BCUT2D eigenvalue weighted by Crippen LogP contribution is 2.20. The van der Waals surface area contributed by atoms with Crippen LogP contribution in [0.4, 0.5) is 0 Å². The van der Waals surface area contributed by atoms with E-state index in [0.717, 1.165) is 45.3 Å². The van der Waals surface area contributed by atoms with Crippen LogP contribution in [-0.4, -0.2) is 68.8 Å². The topological polar surface area (TPSA) is 49.9 Å². The number of sulfonamides is 1. The van der Waals surface area contributed by atoms with Crippen LogP contribution in [0.5, 0.6) is 0 Å². The molecule has 0 bridgehead atoms. The van der Waals surface area contributed by atoms with E-state index in [0.29, 0.717) is 25.1 Å². The number of rotatable bonds is 5. The molecule has 2 aliphatic heterocycles. The summed E-state index contributed by atoms with van der Waals surface area (Å²) in [6.45, 7) is 11.5. The first-order valence-electron chi connectivity index (χ1n) is 8.58. The Labute approximate surface area is 136 Å². The van der Waals surface area contributed by atoms with E-state index in [1.165, 1.54) is 0 Å². The van der Waals surface area contributed by atoms with Crippen molar-refractivity contribution in [1.29, 1.82) is 0 Å². The van der Waals surface area contributed by atoms with Crippen molar-refractivity contribution in [3.63, 3.8) is 0 Å². The van der Waals surface area contributed by atoms with Crippen LogP contribution in [0.2, 0.25) is 0 Å². The Morgan fingerprint density at radius 1 is 1.09 bits per heavy atom. The molecule has 22 heavy (non-hydrogen) atoms. The van der Waals surface area contributed by atoms with Gasteiger partial charge in [0, 0.05) is 32.8 Å². The minimum Gasteiger partial charge on any atom is -0.377 e. The van der Waals surface area contributed by atoms with E-state index in [1.54, 1.807) is 4.31 Å². The summed E-state index contributed by atoms with van der Waals surface area (Å²) in [4.78, 5) is 2.38. The Kier molecular flexibility index (Phi) is 6.28.